The van der Waals surface area contributed by atoms with Gasteiger partial charge in [-0.1, -0.05) is 42.0 Å². The molecule has 0 radical (unpaired) electrons. The lowest BCUT2D eigenvalue weighted by Crippen LogP contribution is -2.23. The second-order valence-electron chi connectivity index (χ2n) is 6.60. The fourth-order valence-corrected chi connectivity index (χ4v) is 3.95. The Bertz CT molecular complexity index is 1140. The van der Waals surface area contributed by atoms with Crippen molar-refractivity contribution in [2.75, 3.05) is 6.61 Å². The van der Waals surface area contributed by atoms with Gasteiger partial charge in [0.2, 0.25) is 0 Å². The van der Waals surface area contributed by atoms with E-state index in [0.717, 1.165) is 27.3 Å². The monoisotopic (exact) mass is 376 g/mol. The molecule has 4 rings (SSSR count). The van der Waals surface area contributed by atoms with Gasteiger partial charge in [-0.15, -0.1) is 11.3 Å². The SMILES string of the molecule is Cc1ccc(-c2csc3ncn(CCOc4cccc(C)c4)c(=O)c23)cc1. The van der Waals surface area contributed by atoms with Crippen molar-refractivity contribution >= 4 is 21.6 Å². The first-order valence-corrected chi connectivity index (χ1v) is 9.73. The Balaban J connectivity index is 1.60. The molecular formula is C22H20N2O2S. The molecule has 0 atom stereocenters. The minimum atomic E-state index is -0.0235. The highest BCUT2D eigenvalue weighted by atomic mass is 32.1. The molecule has 136 valence electrons. The van der Waals surface area contributed by atoms with Gasteiger partial charge in [-0.2, -0.15) is 0 Å². The van der Waals surface area contributed by atoms with Crippen molar-refractivity contribution in [2.24, 2.45) is 0 Å². The van der Waals surface area contributed by atoms with E-state index in [2.05, 4.69) is 36.2 Å². The van der Waals surface area contributed by atoms with Gasteiger partial charge in [-0.3, -0.25) is 9.36 Å². The van der Waals surface area contributed by atoms with Crippen LogP contribution in [0.25, 0.3) is 21.3 Å². The number of fused-ring (bicyclic) bond motifs is 1. The van der Waals surface area contributed by atoms with Gasteiger partial charge in [0, 0.05) is 10.9 Å². The molecule has 4 nitrogen and oxygen atoms in total. The highest BCUT2D eigenvalue weighted by molar-refractivity contribution is 7.17. The number of hydrogen-bond donors (Lipinski definition) is 0. The van der Waals surface area contributed by atoms with E-state index in [1.807, 2.05) is 36.6 Å². The van der Waals surface area contributed by atoms with Gasteiger partial charge >= 0.3 is 0 Å². The van der Waals surface area contributed by atoms with Crippen LogP contribution < -0.4 is 10.3 Å². The van der Waals surface area contributed by atoms with Gasteiger partial charge in [0.05, 0.1) is 18.3 Å². The van der Waals surface area contributed by atoms with E-state index in [4.69, 9.17) is 4.74 Å². The van der Waals surface area contributed by atoms with Crippen molar-refractivity contribution < 1.29 is 4.74 Å². The summed E-state index contributed by atoms with van der Waals surface area (Å²) < 4.78 is 7.41. The molecule has 0 saturated carbocycles. The summed E-state index contributed by atoms with van der Waals surface area (Å²) in [7, 11) is 0. The third-order valence-corrected chi connectivity index (χ3v) is 5.40. The predicted molar refractivity (Wildman–Crippen MR) is 111 cm³/mol. The van der Waals surface area contributed by atoms with Crippen molar-refractivity contribution in [3.8, 4) is 16.9 Å². The Morgan fingerprint density at radius 1 is 1.07 bits per heavy atom. The Hall–Kier alpha value is -2.92. The molecule has 0 saturated heterocycles. The zero-order chi connectivity index (χ0) is 18.8. The van der Waals surface area contributed by atoms with Crippen LogP contribution in [0.3, 0.4) is 0 Å². The van der Waals surface area contributed by atoms with E-state index in [0.29, 0.717) is 18.5 Å². The minimum Gasteiger partial charge on any atom is -0.492 e. The highest BCUT2D eigenvalue weighted by Gasteiger charge is 2.13. The second-order valence-corrected chi connectivity index (χ2v) is 7.46. The Morgan fingerprint density at radius 2 is 1.89 bits per heavy atom. The molecule has 0 N–H and O–H groups in total. The first kappa shape index (κ1) is 17.5. The molecule has 0 unspecified atom stereocenters. The molecule has 2 aromatic carbocycles. The first-order valence-electron chi connectivity index (χ1n) is 8.85. The van der Waals surface area contributed by atoms with E-state index in [-0.39, 0.29) is 5.56 Å². The van der Waals surface area contributed by atoms with Crippen molar-refractivity contribution in [1.82, 2.24) is 9.55 Å². The smallest absolute Gasteiger partial charge is 0.262 e. The zero-order valence-electron chi connectivity index (χ0n) is 15.3. The lowest BCUT2D eigenvalue weighted by Gasteiger charge is -2.09. The van der Waals surface area contributed by atoms with Crippen LogP contribution in [0.4, 0.5) is 0 Å². The van der Waals surface area contributed by atoms with Crippen molar-refractivity contribution in [2.45, 2.75) is 20.4 Å². The summed E-state index contributed by atoms with van der Waals surface area (Å²) in [5, 5.41) is 2.69. The molecule has 5 heteroatoms. The van der Waals surface area contributed by atoms with E-state index >= 15 is 0 Å². The van der Waals surface area contributed by atoms with Gasteiger partial charge in [0.15, 0.2) is 0 Å². The number of thiophene rings is 1. The standard InChI is InChI=1S/C22H20N2O2S/c1-15-6-8-17(9-7-15)19-13-27-21-20(19)22(25)24(14-23-21)10-11-26-18-5-3-4-16(2)12-18/h3-9,12-14H,10-11H2,1-2H3. The second kappa shape index (κ2) is 7.37. The molecule has 0 aliphatic carbocycles. The lowest BCUT2D eigenvalue weighted by atomic mass is 10.1. The molecule has 0 spiro atoms. The fraction of sp³-hybridized carbons (Fsp3) is 0.182. The Kier molecular flexibility index (Phi) is 4.77. The zero-order valence-corrected chi connectivity index (χ0v) is 16.1. The van der Waals surface area contributed by atoms with E-state index in [9.17, 15) is 4.79 Å². The lowest BCUT2D eigenvalue weighted by molar-refractivity contribution is 0.296. The van der Waals surface area contributed by atoms with Crippen molar-refractivity contribution in [3.05, 3.63) is 81.7 Å². The third-order valence-electron chi connectivity index (χ3n) is 4.51. The molecule has 0 amide bonds. The van der Waals surface area contributed by atoms with Crippen LogP contribution in [0.1, 0.15) is 11.1 Å². The quantitative estimate of drug-likeness (QED) is 0.501. The summed E-state index contributed by atoms with van der Waals surface area (Å²) >= 11 is 1.50. The van der Waals surface area contributed by atoms with Gasteiger partial charge in [0.25, 0.3) is 5.56 Å². The van der Waals surface area contributed by atoms with Crippen LogP contribution in [0.15, 0.2) is 65.0 Å². The number of ether oxygens (including phenoxy) is 1. The summed E-state index contributed by atoms with van der Waals surface area (Å²) in [5.74, 6) is 0.813. The van der Waals surface area contributed by atoms with Crippen LogP contribution in [-0.4, -0.2) is 16.2 Å². The molecule has 2 aromatic heterocycles. The van der Waals surface area contributed by atoms with Crippen LogP contribution in [-0.2, 0) is 6.54 Å². The number of benzene rings is 2. The summed E-state index contributed by atoms with van der Waals surface area (Å²) in [6.07, 6.45) is 1.61. The van der Waals surface area contributed by atoms with Gasteiger partial charge < -0.3 is 4.74 Å². The summed E-state index contributed by atoms with van der Waals surface area (Å²) in [6, 6.07) is 16.1. The predicted octanol–water partition coefficient (Wildman–Crippen LogP) is 4.82. The molecule has 4 aromatic rings. The summed E-state index contributed by atoms with van der Waals surface area (Å²) in [5.41, 5.74) is 4.31. The van der Waals surface area contributed by atoms with E-state index < -0.39 is 0 Å². The van der Waals surface area contributed by atoms with Crippen LogP contribution >= 0.6 is 11.3 Å². The molecule has 0 aliphatic rings. The molecule has 0 aliphatic heterocycles. The maximum Gasteiger partial charge on any atom is 0.262 e. The summed E-state index contributed by atoms with van der Waals surface area (Å²) in [6.45, 7) is 4.95. The number of hydrogen-bond acceptors (Lipinski definition) is 4. The van der Waals surface area contributed by atoms with Gasteiger partial charge in [-0.05, 0) is 37.1 Å². The fourth-order valence-electron chi connectivity index (χ4n) is 3.04. The highest BCUT2D eigenvalue weighted by Crippen LogP contribution is 2.30. The van der Waals surface area contributed by atoms with Gasteiger partial charge in [-0.25, -0.2) is 4.98 Å². The van der Waals surface area contributed by atoms with Gasteiger partial charge in [0.1, 0.15) is 17.2 Å². The average molecular weight is 376 g/mol. The van der Waals surface area contributed by atoms with Crippen molar-refractivity contribution in [3.63, 3.8) is 0 Å². The number of aryl methyl sites for hydroxylation is 2. The number of nitrogens with zero attached hydrogens (tertiary/aromatic N) is 2. The Labute approximate surface area is 161 Å². The molecule has 0 fully saturated rings. The maximum atomic E-state index is 13.0. The maximum absolute atomic E-state index is 13.0. The number of aromatic nitrogens is 2. The van der Waals surface area contributed by atoms with Crippen LogP contribution in [0.2, 0.25) is 0 Å². The molecule has 0 bridgehead atoms. The molecule has 2 heterocycles. The van der Waals surface area contributed by atoms with Crippen LogP contribution in [0.5, 0.6) is 5.75 Å². The van der Waals surface area contributed by atoms with E-state index in [1.54, 1.807) is 10.9 Å². The van der Waals surface area contributed by atoms with Crippen molar-refractivity contribution in [1.29, 1.82) is 0 Å². The third kappa shape index (κ3) is 3.64. The first-order chi connectivity index (χ1) is 13.1. The molecular weight excluding hydrogens is 356 g/mol. The molecule has 27 heavy (non-hydrogen) atoms. The normalized spacial score (nSPS) is 11.0. The number of rotatable bonds is 5. The minimum absolute atomic E-state index is 0.0235. The van der Waals surface area contributed by atoms with Crippen LogP contribution in [0, 0.1) is 13.8 Å². The van der Waals surface area contributed by atoms with E-state index in [1.165, 1.54) is 16.9 Å². The summed E-state index contributed by atoms with van der Waals surface area (Å²) in [4.78, 5) is 18.3. The average Bonchev–Trinajstić information content (AvgIpc) is 3.09. The topological polar surface area (TPSA) is 44.1 Å². The Morgan fingerprint density at radius 3 is 2.67 bits per heavy atom. The largest absolute Gasteiger partial charge is 0.492 e.